The molecule has 23 heavy (non-hydrogen) atoms. The van der Waals surface area contributed by atoms with Gasteiger partial charge in [-0.2, -0.15) is 0 Å². The summed E-state index contributed by atoms with van der Waals surface area (Å²) in [5.74, 6) is -0.521. The third-order valence-corrected chi connectivity index (χ3v) is 5.49. The van der Waals surface area contributed by atoms with Crippen LogP contribution in [0.15, 0.2) is 24.5 Å². The van der Waals surface area contributed by atoms with Gasteiger partial charge in [0.25, 0.3) is 0 Å². The van der Waals surface area contributed by atoms with Crippen molar-refractivity contribution in [3.8, 4) is 0 Å². The summed E-state index contributed by atoms with van der Waals surface area (Å²) in [6, 6.07) is 5.01. The molecule has 0 radical (unpaired) electrons. The standard InChI is InChI=1S/C16H14FN3O2S/c17-10-2-1-3-11-12(10)13-14(23-11)15(19-8-18-13)20-6-4-9(5-7-20)16(21)22/h1-3,8-9H,4-7H2,(H,21,22). The molecule has 118 valence electrons. The summed E-state index contributed by atoms with van der Waals surface area (Å²) in [4.78, 5) is 21.8. The van der Waals surface area contributed by atoms with Crippen molar-refractivity contribution >= 4 is 43.4 Å². The third kappa shape index (κ3) is 2.31. The highest BCUT2D eigenvalue weighted by molar-refractivity contribution is 7.26. The minimum Gasteiger partial charge on any atom is -0.481 e. The molecule has 4 rings (SSSR count). The van der Waals surface area contributed by atoms with Crippen LogP contribution in [0.3, 0.4) is 0 Å². The minimum atomic E-state index is -0.735. The van der Waals surface area contributed by atoms with Crippen molar-refractivity contribution in [3.63, 3.8) is 0 Å². The monoisotopic (exact) mass is 331 g/mol. The Kier molecular flexibility index (Phi) is 3.37. The van der Waals surface area contributed by atoms with Gasteiger partial charge in [0, 0.05) is 17.8 Å². The third-order valence-electron chi connectivity index (χ3n) is 4.35. The molecule has 0 amide bonds. The Hall–Kier alpha value is -2.28. The molecule has 1 aliphatic rings. The first-order valence-corrected chi connectivity index (χ1v) is 8.26. The van der Waals surface area contributed by atoms with Crippen molar-refractivity contribution in [2.45, 2.75) is 12.8 Å². The van der Waals surface area contributed by atoms with Gasteiger partial charge in [-0.15, -0.1) is 11.3 Å². The number of anilines is 1. The van der Waals surface area contributed by atoms with E-state index in [1.807, 2.05) is 6.07 Å². The predicted molar refractivity (Wildman–Crippen MR) is 87.5 cm³/mol. The van der Waals surface area contributed by atoms with Crippen LogP contribution in [0.1, 0.15) is 12.8 Å². The molecule has 1 N–H and O–H groups in total. The lowest BCUT2D eigenvalue weighted by Crippen LogP contribution is -2.36. The largest absolute Gasteiger partial charge is 0.481 e. The summed E-state index contributed by atoms with van der Waals surface area (Å²) in [6.45, 7) is 1.28. The van der Waals surface area contributed by atoms with Crippen LogP contribution in [0.4, 0.5) is 10.2 Å². The fourth-order valence-corrected chi connectivity index (χ4v) is 4.32. The fourth-order valence-electron chi connectivity index (χ4n) is 3.13. The molecule has 0 saturated carbocycles. The summed E-state index contributed by atoms with van der Waals surface area (Å²) < 4.78 is 15.8. The summed E-state index contributed by atoms with van der Waals surface area (Å²) in [5, 5.41) is 9.65. The number of halogens is 1. The SMILES string of the molecule is O=C(O)C1CCN(c2ncnc3c2sc2cccc(F)c23)CC1. The smallest absolute Gasteiger partial charge is 0.306 e. The van der Waals surface area contributed by atoms with Gasteiger partial charge in [-0.25, -0.2) is 14.4 Å². The number of fused-ring (bicyclic) bond motifs is 3. The Labute approximate surface area is 135 Å². The van der Waals surface area contributed by atoms with Crippen LogP contribution >= 0.6 is 11.3 Å². The van der Waals surface area contributed by atoms with Gasteiger partial charge in [-0.05, 0) is 25.0 Å². The van der Waals surface area contributed by atoms with E-state index in [4.69, 9.17) is 5.11 Å². The van der Waals surface area contributed by atoms with Crippen molar-refractivity contribution in [1.29, 1.82) is 0 Å². The normalized spacial score (nSPS) is 16.3. The summed E-state index contributed by atoms with van der Waals surface area (Å²) in [5.41, 5.74) is 0.633. The molecule has 2 aromatic heterocycles. The van der Waals surface area contributed by atoms with Gasteiger partial charge < -0.3 is 10.0 Å². The highest BCUT2D eigenvalue weighted by Gasteiger charge is 2.27. The number of hydrogen-bond acceptors (Lipinski definition) is 5. The molecule has 7 heteroatoms. The molecular weight excluding hydrogens is 317 g/mol. The van der Waals surface area contributed by atoms with Gasteiger partial charge in [-0.3, -0.25) is 4.79 Å². The number of hydrogen-bond donors (Lipinski definition) is 1. The lowest BCUT2D eigenvalue weighted by atomic mass is 9.97. The van der Waals surface area contributed by atoms with Crippen molar-refractivity contribution in [2.75, 3.05) is 18.0 Å². The molecule has 1 saturated heterocycles. The number of aliphatic carboxylic acids is 1. The van der Waals surface area contributed by atoms with E-state index in [0.717, 1.165) is 15.2 Å². The first-order chi connectivity index (χ1) is 11.1. The van der Waals surface area contributed by atoms with Crippen LogP contribution in [-0.4, -0.2) is 34.1 Å². The maximum atomic E-state index is 14.1. The van der Waals surface area contributed by atoms with Crippen LogP contribution in [-0.2, 0) is 4.79 Å². The Morgan fingerprint density at radius 1 is 1.30 bits per heavy atom. The van der Waals surface area contributed by atoms with Gasteiger partial charge in [0.2, 0.25) is 0 Å². The second-order valence-corrected chi connectivity index (χ2v) is 6.74. The quantitative estimate of drug-likeness (QED) is 0.780. The van der Waals surface area contributed by atoms with Crippen molar-refractivity contribution in [2.24, 2.45) is 5.92 Å². The average Bonchev–Trinajstić information content (AvgIpc) is 2.94. The molecule has 1 aliphatic heterocycles. The van der Waals surface area contributed by atoms with Gasteiger partial charge in [-0.1, -0.05) is 6.07 Å². The Morgan fingerprint density at radius 2 is 2.09 bits per heavy atom. The maximum absolute atomic E-state index is 14.1. The zero-order valence-electron chi connectivity index (χ0n) is 12.2. The minimum absolute atomic E-state index is 0.275. The molecule has 1 fully saturated rings. The summed E-state index contributed by atoms with van der Waals surface area (Å²) >= 11 is 1.48. The van der Waals surface area contributed by atoms with E-state index < -0.39 is 5.97 Å². The van der Waals surface area contributed by atoms with Crippen molar-refractivity contribution in [3.05, 3.63) is 30.3 Å². The Morgan fingerprint density at radius 3 is 2.83 bits per heavy atom. The fraction of sp³-hybridized carbons (Fsp3) is 0.312. The van der Waals surface area contributed by atoms with Crippen LogP contribution in [0.2, 0.25) is 0 Å². The van der Waals surface area contributed by atoms with Gasteiger partial charge >= 0.3 is 5.97 Å². The lowest BCUT2D eigenvalue weighted by molar-refractivity contribution is -0.142. The highest BCUT2D eigenvalue weighted by Crippen LogP contribution is 2.39. The van der Waals surface area contributed by atoms with Crippen molar-refractivity contribution in [1.82, 2.24) is 9.97 Å². The van der Waals surface area contributed by atoms with Crippen LogP contribution in [0.5, 0.6) is 0 Å². The van der Waals surface area contributed by atoms with Gasteiger partial charge in [0.15, 0.2) is 0 Å². The average molecular weight is 331 g/mol. The number of carboxylic acid groups (broad SMARTS) is 1. The molecule has 3 aromatic rings. The number of piperidine rings is 1. The molecule has 0 bridgehead atoms. The molecule has 0 atom stereocenters. The Balaban J connectivity index is 1.78. The van der Waals surface area contributed by atoms with Gasteiger partial charge in [0.05, 0.1) is 21.5 Å². The zero-order valence-corrected chi connectivity index (χ0v) is 13.0. The van der Waals surface area contributed by atoms with E-state index in [9.17, 15) is 9.18 Å². The molecule has 1 aromatic carbocycles. The maximum Gasteiger partial charge on any atom is 0.306 e. The Bertz CT molecular complexity index is 903. The molecule has 5 nitrogen and oxygen atoms in total. The zero-order chi connectivity index (χ0) is 16.0. The second kappa shape index (κ2) is 5.42. The summed E-state index contributed by atoms with van der Waals surface area (Å²) in [6.07, 6.45) is 2.65. The van der Waals surface area contributed by atoms with E-state index in [-0.39, 0.29) is 11.7 Å². The number of nitrogens with zero attached hydrogens (tertiary/aromatic N) is 3. The predicted octanol–water partition coefficient (Wildman–Crippen LogP) is 3.28. The molecule has 3 heterocycles. The first-order valence-electron chi connectivity index (χ1n) is 7.44. The van der Waals surface area contributed by atoms with Gasteiger partial charge in [0.1, 0.15) is 18.0 Å². The highest BCUT2D eigenvalue weighted by atomic mass is 32.1. The van der Waals surface area contributed by atoms with E-state index in [2.05, 4.69) is 14.9 Å². The van der Waals surface area contributed by atoms with E-state index in [1.165, 1.54) is 23.7 Å². The topological polar surface area (TPSA) is 66.3 Å². The number of carbonyl (C=O) groups is 1. The van der Waals surface area contributed by atoms with Crippen LogP contribution < -0.4 is 4.90 Å². The van der Waals surface area contributed by atoms with Crippen molar-refractivity contribution < 1.29 is 14.3 Å². The molecule has 0 unspecified atom stereocenters. The van der Waals surface area contributed by atoms with E-state index in [0.29, 0.717) is 36.8 Å². The second-order valence-electron chi connectivity index (χ2n) is 5.69. The van der Waals surface area contributed by atoms with E-state index >= 15 is 0 Å². The first kappa shape index (κ1) is 14.3. The number of rotatable bonds is 2. The van der Waals surface area contributed by atoms with E-state index in [1.54, 1.807) is 6.07 Å². The van der Waals surface area contributed by atoms with Crippen LogP contribution in [0, 0.1) is 11.7 Å². The number of carboxylic acids is 1. The number of aromatic nitrogens is 2. The number of thiophene rings is 1. The molecular formula is C16H14FN3O2S. The molecule has 0 aliphatic carbocycles. The molecule has 0 spiro atoms. The lowest BCUT2D eigenvalue weighted by Gasteiger charge is -2.31. The van der Waals surface area contributed by atoms with Crippen LogP contribution in [0.25, 0.3) is 20.3 Å². The number of benzene rings is 1. The summed E-state index contributed by atoms with van der Waals surface area (Å²) in [7, 11) is 0.